The molecular formula is C23H21N3O3S. The lowest BCUT2D eigenvalue weighted by molar-refractivity contribution is -0.111. The molecule has 0 fully saturated rings. The minimum Gasteiger partial charge on any atom is -0.493 e. The zero-order valence-corrected chi connectivity index (χ0v) is 17.7. The van der Waals surface area contributed by atoms with Crippen molar-refractivity contribution in [2.45, 2.75) is 13.8 Å². The van der Waals surface area contributed by atoms with Crippen molar-refractivity contribution in [2.75, 3.05) is 19.0 Å². The van der Waals surface area contributed by atoms with Gasteiger partial charge in [0.15, 0.2) is 23.2 Å². The third-order valence-electron chi connectivity index (χ3n) is 4.44. The maximum Gasteiger partial charge on any atom is 0.250 e. The molecule has 30 heavy (non-hydrogen) atoms. The molecule has 0 atom stereocenters. The van der Waals surface area contributed by atoms with Crippen molar-refractivity contribution in [3.05, 3.63) is 64.5 Å². The normalized spacial score (nSPS) is 10.6. The Kier molecular flexibility index (Phi) is 6.83. The van der Waals surface area contributed by atoms with E-state index in [0.717, 1.165) is 16.8 Å². The van der Waals surface area contributed by atoms with Gasteiger partial charge in [-0.15, -0.1) is 11.3 Å². The minimum absolute atomic E-state index is 0.0636. The first kappa shape index (κ1) is 21.1. The second-order valence-corrected chi connectivity index (χ2v) is 7.37. The van der Waals surface area contributed by atoms with Crippen LogP contribution in [-0.2, 0) is 4.79 Å². The van der Waals surface area contributed by atoms with E-state index in [1.54, 1.807) is 24.3 Å². The number of nitrogens with zero attached hydrogens (tertiary/aromatic N) is 2. The molecule has 152 valence electrons. The number of aromatic nitrogens is 1. The number of nitriles is 1. The van der Waals surface area contributed by atoms with Crippen LogP contribution in [0.15, 0.2) is 47.9 Å². The van der Waals surface area contributed by atoms with Crippen LogP contribution in [0.1, 0.15) is 16.7 Å². The lowest BCUT2D eigenvalue weighted by atomic mass is 10.1. The Bertz CT molecular complexity index is 1130. The molecule has 0 radical (unpaired) electrons. The van der Waals surface area contributed by atoms with Crippen LogP contribution < -0.4 is 14.8 Å². The first-order valence-electron chi connectivity index (χ1n) is 9.20. The van der Waals surface area contributed by atoms with Crippen LogP contribution in [0.2, 0.25) is 0 Å². The van der Waals surface area contributed by atoms with Gasteiger partial charge in [-0.3, -0.25) is 10.1 Å². The van der Waals surface area contributed by atoms with Gasteiger partial charge in [-0.25, -0.2) is 4.98 Å². The summed E-state index contributed by atoms with van der Waals surface area (Å²) in [6.45, 7) is 4.07. The average molecular weight is 420 g/mol. The second-order valence-electron chi connectivity index (χ2n) is 6.52. The fraction of sp³-hybridized carbons (Fsp3) is 0.174. The second kappa shape index (κ2) is 9.72. The van der Waals surface area contributed by atoms with Crippen molar-refractivity contribution in [3.63, 3.8) is 0 Å². The molecule has 7 heteroatoms. The molecule has 0 saturated heterocycles. The van der Waals surface area contributed by atoms with Gasteiger partial charge in [-0.2, -0.15) is 5.26 Å². The molecule has 0 aliphatic carbocycles. The first-order chi connectivity index (χ1) is 14.5. The molecule has 3 rings (SSSR count). The Hall–Kier alpha value is -3.63. The summed E-state index contributed by atoms with van der Waals surface area (Å²) < 4.78 is 10.6. The number of thiazole rings is 1. The molecular weight excluding hydrogens is 398 g/mol. The fourth-order valence-corrected chi connectivity index (χ4v) is 3.42. The summed E-state index contributed by atoms with van der Waals surface area (Å²) in [5, 5.41) is 13.9. The van der Waals surface area contributed by atoms with Gasteiger partial charge in [-0.1, -0.05) is 18.2 Å². The van der Waals surface area contributed by atoms with Gasteiger partial charge in [-0.05, 0) is 54.8 Å². The number of hydrogen-bond donors (Lipinski definition) is 1. The highest BCUT2D eigenvalue weighted by molar-refractivity contribution is 7.14. The number of rotatable bonds is 7. The average Bonchev–Trinajstić information content (AvgIpc) is 3.21. The topological polar surface area (TPSA) is 84.2 Å². The number of aryl methyl sites for hydroxylation is 2. The van der Waals surface area contributed by atoms with Crippen molar-refractivity contribution in [3.8, 4) is 28.8 Å². The summed E-state index contributed by atoms with van der Waals surface area (Å²) in [5.74, 6) is 0.688. The third kappa shape index (κ3) is 5.25. The maximum absolute atomic E-state index is 12.3. The number of nitrogens with one attached hydrogen (secondary N) is 1. The van der Waals surface area contributed by atoms with Gasteiger partial charge in [0.25, 0.3) is 0 Å². The van der Waals surface area contributed by atoms with Gasteiger partial charge in [0.1, 0.15) is 6.07 Å². The van der Waals surface area contributed by atoms with Crippen molar-refractivity contribution in [1.29, 1.82) is 5.26 Å². The predicted octanol–water partition coefficient (Wildman–Crippen LogP) is 4.99. The van der Waals surface area contributed by atoms with Crippen LogP contribution in [0.5, 0.6) is 11.5 Å². The van der Waals surface area contributed by atoms with E-state index in [9.17, 15) is 4.79 Å². The zero-order chi connectivity index (χ0) is 21.5. The summed E-state index contributed by atoms with van der Waals surface area (Å²) in [5.41, 5.74) is 5.06. The molecule has 1 N–H and O–H groups in total. The van der Waals surface area contributed by atoms with Gasteiger partial charge >= 0.3 is 0 Å². The molecule has 0 aliphatic rings. The molecule has 0 bridgehead atoms. The van der Waals surface area contributed by atoms with Crippen LogP contribution in [0.25, 0.3) is 17.3 Å². The van der Waals surface area contributed by atoms with E-state index in [0.29, 0.717) is 16.6 Å². The molecule has 3 aromatic rings. The minimum atomic E-state index is -0.278. The SMILES string of the molecule is COc1cc(/C=C/C(=O)Nc2nc(-c3ccc(C)c(C)c3)cs2)ccc1OCC#N. The van der Waals surface area contributed by atoms with Crippen molar-refractivity contribution >= 4 is 28.5 Å². The first-order valence-corrected chi connectivity index (χ1v) is 10.1. The number of carbonyl (C=O) groups excluding carboxylic acids is 1. The van der Waals surface area contributed by atoms with Gasteiger partial charge in [0.2, 0.25) is 5.91 Å². The van der Waals surface area contributed by atoms with E-state index in [2.05, 4.69) is 36.3 Å². The van der Waals surface area contributed by atoms with Gasteiger partial charge < -0.3 is 9.47 Å². The van der Waals surface area contributed by atoms with Crippen LogP contribution in [0.3, 0.4) is 0 Å². The van der Waals surface area contributed by atoms with Crippen molar-refractivity contribution < 1.29 is 14.3 Å². The molecule has 0 aliphatic heterocycles. The van der Waals surface area contributed by atoms with Gasteiger partial charge in [0.05, 0.1) is 12.8 Å². The molecule has 6 nitrogen and oxygen atoms in total. The van der Waals surface area contributed by atoms with Crippen LogP contribution in [0, 0.1) is 25.2 Å². The number of hydrogen-bond acceptors (Lipinski definition) is 6. The van der Waals surface area contributed by atoms with E-state index in [1.807, 2.05) is 17.5 Å². The Morgan fingerprint density at radius 3 is 2.77 bits per heavy atom. The number of benzene rings is 2. The van der Waals surface area contributed by atoms with E-state index in [4.69, 9.17) is 14.7 Å². The molecule has 1 aromatic heterocycles. The Morgan fingerprint density at radius 2 is 2.03 bits per heavy atom. The summed E-state index contributed by atoms with van der Waals surface area (Å²) in [4.78, 5) is 16.8. The van der Waals surface area contributed by atoms with Crippen LogP contribution in [0.4, 0.5) is 5.13 Å². The summed E-state index contributed by atoms with van der Waals surface area (Å²) in [6, 6.07) is 13.3. The maximum atomic E-state index is 12.3. The van der Waals surface area contributed by atoms with Crippen LogP contribution in [-0.4, -0.2) is 24.6 Å². The lowest BCUT2D eigenvalue weighted by Crippen LogP contribution is -2.07. The highest BCUT2D eigenvalue weighted by Gasteiger charge is 2.08. The summed E-state index contributed by atoms with van der Waals surface area (Å²) in [7, 11) is 1.52. The number of methoxy groups -OCH3 is 1. The summed E-state index contributed by atoms with van der Waals surface area (Å²) in [6.07, 6.45) is 3.10. The Labute approximate surface area is 179 Å². The molecule has 0 spiro atoms. The molecule has 1 heterocycles. The van der Waals surface area contributed by atoms with Crippen LogP contribution >= 0.6 is 11.3 Å². The lowest BCUT2D eigenvalue weighted by Gasteiger charge is -2.08. The standard InChI is InChI=1S/C23H21N3O3S/c1-15-4-7-18(12-16(15)2)19-14-30-23(25-19)26-22(27)9-6-17-5-8-20(29-11-10-24)21(13-17)28-3/h4-9,12-14H,11H2,1-3H3,(H,25,26,27)/b9-6+. The number of amides is 1. The Morgan fingerprint density at radius 1 is 1.20 bits per heavy atom. The summed E-state index contributed by atoms with van der Waals surface area (Å²) >= 11 is 1.38. The number of anilines is 1. The monoisotopic (exact) mass is 419 g/mol. The number of ether oxygens (including phenoxy) is 2. The fourth-order valence-electron chi connectivity index (χ4n) is 2.70. The third-order valence-corrected chi connectivity index (χ3v) is 5.20. The van der Waals surface area contributed by atoms with Crippen molar-refractivity contribution in [2.24, 2.45) is 0 Å². The molecule has 0 saturated carbocycles. The smallest absolute Gasteiger partial charge is 0.250 e. The van der Waals surface area contributed by atoms with E-state index < -0.39 is 0 Å². The van der Waals surface area contributed by atoms with Crippen molar-refractivity contribution in [1.82, 2.24) is 4.98 Å². The number of carbonyl (C=O) groups is 1. The zero-order valence-electron chi connectivity index (χ0n) is 16.9. The highest BCUT2D eigenvalue weighted by atomic mass is 32.1. The highest BCUT2D eigenvalue weighted by Crippen LogP contribution is 2.29. The quantitative estimate of drug-likeness (QED) is 0.546. The predicted molar refractivity (Wildman–Crippen MR) is 119 cm³/mol. The van der Waals surface area contributed by atoms with E-state index in [-0.39, 0.29) is 12.5 Å². The molecule has 0 unspecified atom stereocenters. The van der Waals surface area contributed by atoms with E-state index >= 15 is 0 Å². The molecule has 1 amide bonds. The molecule has 2 aromatic carbocycles. The van der Waals surface area contributed by atoms with Gasteiger partial charge in [0, 0.05) is 17.0 Å². The van der Waals surface area contributed by atoms with E-state index in [1.165, 1.54) is 35.6 Å². The largest absolute Gasteiger partial charge is 0.493 e. The Balaban J connectivity index is 1.66.